The molecule has 0 aromatic rings. The van der Waals surface area contributed by atoms with Gasteiger partial charge in [0.25, 0.3) is 0 Å². The molecule has 5 heteroatoms. The Morgan fingerprint density at radius 2 is 1.96 bits per heavy atom. The topological polar surface area (TPSA) is 56.9 Å². The molecule has 0 bridgehead atoms. The Balaban J connectivity index is 1.54. The maximum atomic E-state index is 6.01. The maximum absolute atomic E-state index is 6.01. The number of likely N-dealkylation sites (N-methyl/N-ethyl adjacent to an activating group) is 1. The third-order valence-electron chi connectivity index (χ3n) is 5.53. The molecule has 0 radical (unpaired) electrons. The van der Waals surface area contributed by atoms with E-state index < -0.39 is 0 Å². The summed E-state index contributed by atoms with van der Waals surface area (Å²) in [5.41, 5.74) is 6.01. The van der Waals surface area contributed by atoms with Crippen molar-refractivity contribution in [2.24, 2.45) is 22.6 Å². The largest absolute Gasteiger partial charge is 0.370 e. The molecule has 2 rings (SSSR count). The van der Waals surface area contributed by atoms with Gasteiger partial charge in [0.2, 0.25) is 0 Å². The van der Waals surface area contributed by atoms with Crippen molar-refractivity contribution in [3.63, 3.8) is 0 Å². The van der Waals surface area contributed by atoms with E-state index in [1.807, 2.05) is 0 Å². The summed E-state index contributed by atoms with van der Waals surface area (Å²) in [5, 5.41) is 3.29. The van der Waals surface area contributed by atoms with Crippen molar-refractivity contribution >= 4 is 5.96 Å². The van der Waals surface area contributed by atoms with Crippen molar-refractivity contribution in [2.75, 3.05) is 45.8 Å². The third kappa shape index (κ3) is 6.60. The van der Waals surface area contributed by atoms with Crippen LogP contribution in [0.4, 0.5) is 0 Å². The quantitative estimate of drug-likeness (QED) is 0.405. The summed E-state index contributed by atoms with van der Waals surface area (Å²) < 4.78 is 0. The molecule has 2 aliphatic heterocycles. The summed E-state index contributed by atoms with van der Waals surface area (Å²) in [6.45, 7) is 14.9. The van der Waals surface area contributed by atoms with Gasteiger partial charge in [0.15, 0.2) is 5.96 Å². The number of hydrogen-bond donors (Lipinski definition) is 2. The van der Waals surface area contributed by atoms with Gasteiger partial charge in [-0.3, -0.25) is 9.89 Å². The van der Waals surface area contributed by atoms with Crippen molar-refractivity contribution in [1.82, 2.24) is 15.1 Å². The Hall–Kier alpha value is -0.810. The van der Waals surface area contributed by atoms with Crippen LogP contribution in [0.5, 0.6) is 0 Å². The zero-order chi connectivity index (χ0) is 17.4. The molecule has 5 nitrogen and oxygen atoms in total. The molecule has 0 aliphatic carbocycles. The Morgan fingerprint density at radius 3 is 2.67 bits per heavy atom. The van der Waals surface area contributed by atoms with Crippen molar-refractivity contribution in [2.45, 2.75) is 58.9 Å². The van der Waals surface area contributed by atoms with Crippen LogP contribution in [0, 0.1) is 11.8 Å². The zero-order valence-electron chi connectivity index (χ0n) is 16.1. The molecule has 0 aromatic heterocycles. The van der Waals surface area contributed by atoms with Crippen molar-refractivity contribution in [3.8, 4) is 0 Å². The van der Waals surface area contributed by atoms with Gasteiger partial charge in [-0.1, -0.05) is 20.8 Å². The van der Waals surface area contributed by atoms with Gasteiger partial charge in [-0.2, -0.15) is 0 Å². The number of rotatable bonds is 8. The molecule has 2 saturated heterocycles. The monoisotopic (exact) mass is 337 g/mol. The number of piperidine rings is 1. The van der Waals surface area contributed by atoms with Crippen LogP contribution in [0.2, 0.25) is 0 Å². The summed E-state index contributed by atoms with van der Waals surface area (Å²) >= 11 is 0. The normalized spacial score (nSPS) is 30.0. The minimum absolute atomic E-state index is 0.596. The molecule has 3 N–H and O–H groups in total. The first-order chi connectivity index (χ1) is 11.6. The van der Waals surface area contributed by atoms with Gasteiger partial charge >= 0.3 is 0 Å². The molecule has 2 aliphatic rings. The van der Waals surface area contributed by atoms with Gasteiger partial charge < -0.3 is 16.0 Å². The number of hydrogen-bond acceptors (Lipinski definition) is 3. The van der Waals surface area contributed by atoms with E-state index in [2.05, 4.69) is 40.9 Å². The minimum atomic E-state index is 0.596. The first kappa shape index (κ1) is 19.5. The van der Waals surface area contributed by atoms with E-state index in [-0.39, 0.29) is 0 Å². The predicted octanol–water partition coefficient (Wildman–Crippen LogP) is 2.13. The van der Waals surface area contributed by atoms with E-state index in [4.69, 9.17) is 5.73 Å². The van der Waals surface area contributed by atoms with E-state index in [9.17, 15) is 0 Å². The summed E-state index contributed by atoms with van der Waals surface area (Å²) in [4.78, 5) is 9.69. The fraction of sp³-hybridized carbons (Fsp3) is 0.947. The highest BCUT2D eigenvalue weighted by Gasteiger charge is 2.22. The van der Waals surface area contributed by atoms with Crippen LogP contribution in [0.15, 0.2) is 4.99 Å². The maximum Gasteiger partial charge on any atom is 0.188 e. The van der Waals surface area contributed by atoms with Gasteiger partial charge in [0.05, 0.1) is 6.54 Å². The Labute approximate surface area is 149 Å². The van der Waals surface area contributed by atoms with Gasteiger partial charge in [-0.25, -0.2) is 0 Å². The molecule has 3 unspecified atom stereocenters. The van der Waals surface area contributed by atoms with E-state index in [0.717, 1.165) is 31.5 Å². The van der Waals surface area contributed by atoms with E-state index in [1.54, 1.807) is 0 Å². The highest BCUT2D eigenvalue weighted by atomic mass is 15.2. The highest BCUT2D eigenvalue weighted by molar-refractivity contribution is 5.77. The van der Waals surface area contributed by atoms with Crippen LogP contribution >= 0.6 is 0 Å². The smallest absolute Gasteiger partial charge is 0.188 e. The van der Waals surface area contributed by atoms with Gasteiger partial charge in [-0.15, -0.1) is 0 Å². The minimum Gasteiger partial charge on any atom is -0.370 e. The lowest BCUT2D eigenvalue weighted by Gasteiger charge is -2.34. The van der Waals surface area contributed by atoms with Crippen molar-refractivity contribution in [1.29, 1.82) is 0 Å². The van der Waals surface area contributed by atoms with Gasteiger partial charge in [-0.05, 0) is 63.6 Å². The second-order valence-corrected chi connectivity index (χ2v) is 7.99. The average molecular weight is 338 g/mol. The Bertz CT molecular complexity index is 374. The molecular weight excluding hydrogens is 298 g/mol. The number of likely N-dealkylation sites (tertiary alicyclic amines) is 2. The number of nitrogens with two attached hydrogens (primary N) is 1. The number of guanidine groups is 1. The first-order valence-electron chi connectivity index (χ1n) is 10.1. The van der Waals surface area contributed by atoms with E-state index >= 15 is 0 Å². The lowest BCUT2D eigenvalue weighted by Crippen LogP contribution is -2.39. The van der Waals surface area contributed by atoms with Gasteiger partial charge in [0, 0.05) is 25.7 Å². The summed E-state index contributed by atoms with van der Waals surface area (Å²) in [6, 6.07) is 0.596. The van der Waals surface area contributed by atoms with E-state index in [0.29, 0.717) is 12.0 Å². The van der Waals surface area contributed by atoms with Crippen LogP contribution in [-0.2, 0) is 0 Å². The fourth-order valence-electron chi connectivity index (χ4n) is 4.43. The van der Waals surface area contributed by atoms with Crippen molar-refractivity contribution in [3.05, 3.63) is 0 Å². The number of nitrogens with one attached hydrogen (secondary N) is 1. The summed E-state index contributed by atoms with van der Waals surface area (Å²) in [6.07, 6.45) is 6.36. The molecular formula is C19H39N5. The van der Waals surface area contributed by atoms with Crippen LogP contribution < -0.4 is 11.1 Å². The van der Waals surface area contributed by atoms with Crippen molar-refractivity contribution < 1.29 is 0 Å². The second-order valence-electron chi connectivity index (χ2n) is 7.99. The zero-order valence-corrected chi connectivity index (χ0v) is 16.1. The lowest BCUT2D eigenvalue weighted by molar-refractivity contribution is 0.139. The SMILES string of the molecule is CCN1CCCC1CN=C(N)NCCCCN1CC(C)CC(C)C1. The standard InChI is InChI=1S/C19H39N5/c1-4-24-11-7-8-18(24)13-22-19(20)21-9-5-6-10-23-14-16(2)12-17(3)15-23/h16-18H,4-15H2,1-3H3,(H3,20,21,22). The van der Waals surface area contributed by atoms with Crippen LogP contribution in [0.1, 0.15) is 52.9 Å². The fourth-order valence-corrected chi connectivity index (χ4v) is 4.43. The number of unbranched alkanes of at least 4 members (excludes halogenated alkanes) is 1. The highest BCUT2D eigenvalue weighted by Crippen LogP contribution is 2.21. The molecule has 2 heterocycles. The molecule has 0 amide bonds. The van der Waals surface area contributed by atoms with E-state index in [1.165, 1.54) is 58.3 Å². The first-order valence-corrected chi connectivity index (χ1v) is 10.1. The molecule has 2 fully saturated rings. The lowest BCUT2D eigenvalue weighted by atomic mass is 9.92. The molecule has 0 saturated carbocycles. The third-order valence-corrected chi connectivity index (χ3v) is 5.53. The number of aliphatic imine (C=N–C) groups is 1. The molecule has 3 atom stereocenters. The number of nitrogens with zero attached hydrogens (tertiary/aromatic N) is 3. The Kier molecular flexibility index (Phi) is 8.33. The predicted molar refractivity (Wildman–Crippen MR) is 103 cm³/mol. The molecule has 0 spiro atoms. The van der Waals surface area contributed by atoms with Crippen LogP contribution in [0.3, 0.4) is 0 Å². The van der Waals surface area contributed by atoms with Gasteiger partial charge in [0.1, 0.15) is 0 Å². The molecule has 140 valence electrons. The molecule has 0 aromatic carbocycles. The average Bonchev–Trinajstić information content (AvgIpc) is 2.99. The summed E-state index contributed by atoms with van der Waals surface area (Å²) in [7, 11) is 0. The van der Waals surface area contributed by atoms with Crippen LogP contribution in [0.25, 0.3) is 0 Å². The van der Waals surface area contributed by atoms with Crippen LogP contribution in [-0.4, -0.2) is 67.6 Å². The Morgan fingerprint density at radius 1 is 1.21 bits per heavy atom. The second kappa shape index (κ2) is 10.2. The summed E-state index contributed by atoms with van der Waals surface area (Å²) in [5.74, 6) is 2.33. The molecule has 24 heavy (non-hydrogen) atoms.